The Balaban J connectivity index is 2.44. The van der Waals surface area contributed by atoms with Gasteiger partial charge in [-0.05, 0) is 19.1 Å². The van der Waals surface area contributed by atoms with Crippen molar-refractivity contribution in [3.05, 3.63) is 42.0 Å². The number of ether oxygens (including phenoxy) is 1. The summed E-state index contributed by atoms with van der Waals surface area (Å²) >= 11 is 0. The van der Waals surface area contributed by atoms with Crippen LogP contribution < -0.4 is 0 Å². The third-order valence-corrected chi connectivity index (χ3v) is 3.01. The quantitative estimate of drug-likeness (QED) is 0.721. The van der Waals surface area contributed by atoms with Crippen molar-refractivity contribution >= 4 is 0 Å². The highest BCUT2D eigenvalue weighted by molar-refractivity contribution is 5.31. The maximum absolute atomic E-state index is 13.6. The Morgan fingerprint density at radius 1 is 1.33 bits per heavy atom. The van der Waals surface area contributed by atoms with Gasteiger partial charge in [0.1, 0.15) is 30.4 Å². The number of hydrogen-bond acceptors (Lipinski definition) is 4. The maximum Gasteiger partial charge on any atom is 0.152 e. The lowest BCUT2D eigenvalue weighted by atomic mass is 9.86. The fraction of sp³-hybridized carbons (Fsp3) is 0.417. The molecule has 1 aliphatic heterocycles. The zero-order valence-corrected chi connectivity index (χ0v) is 9.55. The molecule has 0 aromatic heterocycles. The van der Waals surface area contributed by atoms with Crippen LogP contribution in [-0.2, 0) is 10.3 Å². The first kappa shape index (κ1) is 13.4. The highest BCUT2D eigenvalue weighted by atomic mass is 19.1. The van der Waals surface area contributed by atoms with Crippen molar-refractivity contribution in [2.75, 3.05) is 0 Å². The number of hydrogen-bond donors (Lipinski definition) is 3. The highest BCUT2D eigenvalue weighted by Crippen LogP contribution is 2.40. The molecule has 1 saturated heterocycles. The van der Waals surface area contributed by atoms with Crippen LogP contribution in [-0.4, -0.2) is 33.6 Å². The van der Waals surface area contributed by atoms with E-state index in [1.807, 2.05) is 0 Å². The van der Waals surface area contributed by atoms with Gasteiger partial charge in [-0.2, -0.15) is 0 Å². The van der Waals surface area contributed by atoms with Gasteiger partial charge in [-0.3, -0.25) is 0 Å². The monoisotopic (exact) mass is 259 g/mol. The van der Waals surface area contributed by atoms with Crippen molar-refractivity contribution < 1.29 is 28.8 Å². The third-order valence-electron chi connectivity index (χ3n) is 3.01. The Bertz CT molecular complexity index is 431. The fourth-order valence-corrected chi connectivity index (χ4v) is 2.04. The van der Waals surface area contributed by atoms with Gasteiger partial charge in [0.05, 0.1) is 11.7 Å². The molecule has 1 aliphatic rings. The Hall–Kier alpha value is -1.08. The van der Waals surface area contributed by atoms with E-state index in [0.717, 1.165) is 24.8 Å². The van der Waals surface area contributed by atoms with Gasteiger partial charge in [0.15, 0.2) is 5.60 Å². The topological polar surface area (TPSA) is 69.9 Å². The number of aliphatic hydroxyl groups excluding tert-OH is 2. The van der Waals surface area contributed by atoms with E-state index in [4.69, 9.17) is 4.74 Å². The van der Waals surface area contributed by atoms with Gasteiger partial charge < -0.3 is 20.1 Å². The molecule has 1 unspecified atom stereocenters. The van der Waals surface area contributed by atoms with Crippen LogP contribution in [0.25, 0.3) is 0 Å². The van der Waals surface area contributed by atoms with Crippen molar-refractivity contribution in [2.45, 2.75) is 30.8 Å². The predicted molar refractivity (Wildman–Crippen MR) is 57.1 cm³/mol. The molecular formula is C12H13F2O4. The van der Waals surface area contributed by atoms with Gasteiger partial charge in [0, 0.05) is 0 Å². The van der Waals surface area contributed by atoms with E-state index in [1.165, 1.54) is 6.92 Å². The van der Waals surface area contributed by atoms with Crippen LogP contribution in [0.5, 0.6) is 0 Å². The predicted octanol–water partition coefficient (Wildman–Crippen LogP) is 0.455. The summed E-state index contributed by atoms with van der Waals surface area (Å²) in [7, 11) is 0. The molecule has 0 amide bonds. The lowest BCUT2D eigenvalue weighted by Gasteiger charge is -2.27. The fourth-order valence-electron chi connectivity index (χ4n) is 2.04. The minimum atomic E-state index is -2.32. The minimum Gasteiger partial charge on any atom is -0.391 e. The van der Waals surface area contributed by atoms with Crippen molar-refractivity contribution in [1.82, 2.24) is 0 Å². The summed E-state index contributed by atoms with van der Waals surface area (Å²) in [6.07, 6.45) is -3.90. The van der Waals surface area contributed by atoms with E-state index < -0.39 is 41.1 Å². The first-order valence-electron chi connectivity index (χ1n) is 5.40. The van der Waals surface area contributed by atoms with Crippen molar-refractivity contribution in [2.24, 2.45) is 0 Å². The smallest absolute Gasteiger partial charge is 0.152 e. The normalized spacial score (nSPS) is 33.7. The van der Waals surface area contributed by atoms with E-state index in [0.29, 0.717) is 0 Å². The van der Waals surface area contributed by atoms with Crippen molar-refractivity contribution in [3.63, 3.8) is 0 Å². The third kappa shape index (κ3) is 1.91. The van der Waals surface area contributed by atoms with Gasteiger partial charge in [0.25, 0.3) is 0 Å². The largest absolute Gasteiger partial charge is 0.391 e. The van der Waals surface area contributed by atoms with Crippen LogP contribution in [0.4, 0.5) is 8.78 Å². The van der Waals surface area contributed by atoms with Crippen LogP contribution in [0.15, 0.2) is 18.2 Å². The SMILES string of the molecule is CC(O)[C@H]1O[CH][C@@](O)(c2c(F)cccc2F)[C@@H]1O. The Morgan fingerprint density at radius 2 is 1.89 bits per heavy atom. The first-order chi connectivity index (χ1) is 8.38. The Kier molecular flexibility index (Phi) is 3.37. The van der Waals surface area contributed by atoms with E-state index in [9.17, 15) is 24.1 Å². The minimum absolute atomic E-state index is 0.694. The molecule has 1 radical (unpaired) electrons. The van der Waals surface area contributed by atoms with Crippen LogP contribution in [0, 0.1) is 18.2 Å². The van der Waals surface area contributed by atoms with Crippen LogP contribution in [0.3, 0.4) is 0 Å². The highest BCUT2D eigenvalue weighted by Gasteiger charge is 2.53. The lowest BCUT2D eigenvalue weighted by molar-refractivity contribution is -0.0734. The molecule has 1 aromatic carbocycles. The molecule has 2 rings (SSSR count). The second kappa shape index (κ2) is 4.55. The van der Waals surface area contributed by atoms with Gasteiger partial charge in [0.2, 0.25) is 0 Å². The molecular weight excluding hydrogens is 246 g/mol. The van der Waals surface area contributed by atoms with Gasteiger partial charge in [-0.1, -0.05) is 6.07 Å². The molecule has 4 nitrogen and oxygen atoms in total. The molecule has 0 aliphatic carbocycles. The molecule has 1 heterocycles. The summed E-state index contributed by atoms with van der Waals surface area (Å²) in [4.78, 5) is 0. The Labute approximate surface area is 102 Å². The summed E-state index contributed by atoms with van der Waals surface area (Å²) < 4.78 is 32.1. The van der Waals surface area contributed by atoms with E-state index in [1.54, 1.807) is 0 Å². The number of benzene rings is 1. The molecule has 6 heteroatoms. The van der Waals surface area contributed by atoms with Gasteiger partial charge in [-0.15, -0.1) is 0 Å². The average Bonchev–Trinajstić information content (AvgIpc) is 2.56. The molecule has 1 fully saturated rings. The summed E-state index contributed by atoms with van der Waals surface area (Å²) in [6.45, 7) is 2.09. The van der Waals surface area contributed by atoms with Gasteiger partial charge in [-0.25, -0.2) is 8.78 Å². The zero-order chi connectivity index (χ0) is 13.5. The molecule has 0 saturated carbocycles. The second-order valence-electron chi connectivity index (χ2n) is 4.33. The molecule has 99 valence electrons. The number of rotatable bonds is 2. The van der Waals surface area contributed by atoms with Crippen LogP contribution >= 0.6 is 0 Å². The number of aliphatic hydroxyl groups is 3. The molecule has 1 aromatic rings. The van der Waals surface area contributed by atoms with Crippen LogP contribution in [0.1, 0.15) is 12.5 Å². The first-order valence-corrected chi connectivity index (χ1v) is 5.40. The maximum atomic E-state index is 13.6. The molecule has 4 atom stereocenters. The summed E-state index contributed by atoms with van der Waals surface area (Å²) in [5.74, 6) is -2.00. The summed E-state index contributed by atoms with van der Waals surface area (Å²) in [5.41, 5.74) is -3.02. The van der Waals surface area contributed by atoms with Gasteiger partial charge >= 0.3 is 0 Å². The standard InChI is InChI=1S/C12H13F2O4/c1-6(15)10-11(16)12(17,5-18-10)9-7(13)3-2-4-8(9)14/h2-6,10-11,15-17H,1H3/t6?,10-,11-,12-/m1/s1. The Morgan fingerprint density at radius 3 is 2.33 bits per heavy atom. The second-order valence-corrected chi connectivity index (χ2v) is 4.33. The van der Waals surface area contributed by atoms with E-state index in [2.05, 4.69) is 0 Å². The summed E-state index contributed by atoms with van der Waals surface area (Å²) in [5, 5.41) is 29.4. The average molecular weight is 259 g/mol. The van der Waals surface area contributed by atoms with Crippen LogP contribution in [0.2, 0.25) is 0 Å². The van der Waals surface area contributed by atoms with Crippen molar-refractivity contribution in [3.8, 4) is 0 Å². The van der Waals surface area contributed by atoms with Crippen molar-refractivity contribution in [1.29, 1.82) is 0 Å². The molecule has 18 heavy (non-hydrogen) atoms. The molecule has 3 N–H and O–H groups in total. The zero-order valence-electron chi connectivity index (χ0n) is 9.55. The summed E-state index contributed by atoms with van der Waals surface area (Å²) in [6, 6.07) is 3.07. The molecule has 0 spiro atoms. The molecule has 0 bridgehead atoms. The lowest BCUT2D eigenvalue weighted by Crippen LogP contribution is -2.44. The van der Waals surface area contributed by atoms with E-state index in [-0.39, 0.29) is 0 Å². The van der Waals surface area contributed by atoms with E-state index >= 15 is 0 Å². The number of halogens is 2.